The number of halogens is 4. The molecule has 0 atom stereocenters. The van der Waals surface area contributed by atoms with E-state index in [1.54, 1.807) is 0 Å². The number of ether oxygens (including phenoxy) is 1. The summed E-state index contributed by atoms with van der Waals surface area (Å²) in [6.45, 7) is 0. The summed E-state index contributed by atoms with van der Waals surface area (Å²) in [5.74, 6) is 0.0709. The van der Waals surface area contributed by atoms with Gasteiger partial charge in [-0.15, -0.1) is 0 Å². The van der Waals surface area contributed by atoms with E-state index in [0.717, 1.165) is 12.1 Å². The first-order valence-corrected chi connectivity index (χ1v) is 5.66. The topological polar surface area (TPSA) is 59.9 Å². The van der Waals surface area contributed by atoms with E-state index in [9.17, 15) is 13.2 Å². The van der Waals surface area contributed by atoms with Gasteiger partial charge >= 0.3 is 12.2 Å². The van der Waals surface area contributed by atoms with Gasteiger partial charge in [0, 0.05) is 5.69 Å². The first kappa shape index (κ1) is 14.3. The Morgan fingerprint density at radius 3 is 2.30 bits per heavy atom. The van der Waals surface area contributed by atoms with E-state index < -0.39 is 11.7 Å². The molecule has 5 nitrogen and oxygen atoms in total. The highest BCUT2D eigenvalue weighted by atomic mass is 35.5. The summed E-state index contributed by atoms with van der Waals surface area (Å²) >= 11 is 5.65. The Labute approximate surface area is 116 Å². The fourth-order valence-corrected chi connectivity index (χ4v) is 1.50. The largest absolute Gasteiger partial charge is 0.467 e. The molecule has 0 aliphatic rings. The van der Waals surface area contributed by atoms with Crippen LogP contribution in [0, 0.1) is 0 Å². The molecule has 1 aromatic heterocycles. The summed E-state index contributed by atoms with van der Waals surface area (Å²) in [7, 11) is 1.35. The Kier molecular flexibility index (Phi) is 3.93. The zero-order valence-corrected chi connectivity index (χ0v) is 10.8. The standard InChI is InChI=1S/C11H8ClF3N4O/c1-20-10-18-8(12)17-9(19-10)16-7-4-2-6(3-5-7)11(13,14)15/h2-5H,1H3,(H,16,17,18,19). The minimum Gasteiger partial charge on any atom is -0.467 e. The number of nitrogens with one attached hydrogen (secondary N) is 1. The molecule has 0 unspecified atom stereocenters. The van der Waals surface area contributed by atoms with Gasteiger partial charge in [-0.05, 0) is 35.9 Å². The Morgan fingerprint density at radius 2 is 1.75 bits per heavy atom. The minimum absolute atomic E-state index is 0.000545. The van der Waals surface area contributed by atoms with Gasteiger partial charge in [0.05, 0.1) is 12.7 Å². The van der Waals surface area contributed by atoms with E-state index >= 15 is 0 Å². The molecule has 0 radical (unpaired) electrons. The zero-order chi connectivity index (χ0) is 14.8. The predicted octanol–water partition coefficient (Wildman–Crippen LogP) is 3.30. The SMILES string of the molecule is COc1nc(Cl)nc(Nc2ccc(C(F)(F)F)cc2)n1. The summed E-state index contributed by atoms with van der Waals surface area (Å²) in [6.07, 6.45) is -4.38. The van der Waals surface area contributed by atoms with Crippen LogP contribution in [0.25, 0.3) is 0 Å². The Morgan fingerprint density at radius 1 is 1.10 bits per heavy atom. The molecule has 1 aromatic carbocycles. The van der Waals surface area contributed by atoms with Gasteiger partial charge < -0.3 is 10.1 Å². The molecule has 0 aliphatic carbocycles. The van der Waals surface area contributed by atoms with Gasteiger partial charge in [-0.1, -0.05) is 0 Å². The number of hydrogen-bond acceptors (Lipinski definition) is 5. The van der Waals surface area contributed by atoms with Gasteiger partial charge in [-0.2, -0.15) is 28.1 Å². The van der Waals surface area contributed by atoms with E-state index in [1.165, 1.54) is 19.2 Å². The summed E-state index contributed by atoms with van der Waals surface area (Å²) in [5, 5.41) is 2.61. The van der Waals surface area contributed by atoms with Crippen molar-refractivity contribution in [2.45, 2.75) is 6.18 Å². The van der Waals surface area contributed by atoms with Crippen LogP contribution >= 0.6 is 11.6 Å². The fraction of sp³-hybridized carbons (Fsp3) is 0.182. The van der Waals surface area contributed by atoms with Crippen LogP contribution in [0.1, 0.15) is 5.56 Å². The monoisotopic (exact) mass is 304 g/mol. The van der Waals surface area contributed by atoms with E-state index in [4.69, 9.17) is 16.3 Å². The second-order valence-corrected chi connectivity index (χ2v) is 3.95. The number of methoxy groups -OCH3 is 1. The number of aromatic nitrogens is 3. The molecule has 0 saturated carbocycles. The van der Waals surface area contributed by atoms with Crippen LogP contribution in [-0.2, 0) is 6.18 Å². The zero-order valence-electron chi connectivity index (χ0n) is 10.1. The average Bonchev–Trinajstić information content (AvgIpc) is 2.37. The quantitative estimate of drug-likeness (QED) is 0.943. The van der Waals surface area contributed by atoms with Crippen molar-refractivity contribution in [1.29, 1.82) is 0 Å². The van der Waals surface area contributed by atoms with Crippen LogP contribution in [0.2, 0.25) is 5.28 Å². The molecule has 2 aromatic rings. The second kappa shape index (κ2) is 5.49. The summed E-state index contributed by atoms with van der Waals surface area (Å²) in [6, 6.07) is 4.41. The maximum absolute atomic E-state index is 12.4. The van der Waals surface area contributed by atoms with Crippen molar-refractivity contribution in [3.63, 3.8) is 0 Å². The van der Waals surface area contributed by atoms with E-state index in [0.29, 0.717) is 5.69 Å². The molecule has 106 valence electrons. The second-order valence-electron chi connectivity index (χ2n) is 3.61. The Hall–Kier alpha value is -2.09. The van der Waals surface area contributed by atoms with Crippen molar-refractivity contribution >= 4 is 23.2 Å². The highest BCUT2D eigenvalue weighted by Crippen LogP contribution is 2.30. The van der Waals surface area contributed by atoms with Crippen molar-refractivity contribution < 1.29 is 17.9 Å². The van der Waals surface area contributed by atoms with Crippen LogP contribution in [-0.4, -0.2) is 22.1 Å². The molecule has 0 bridgehead atoms. The molecule has 0 aliphatic heterocycles. The van der Waals surface area contributed by atoms with Crippen molar-refractivity contribution in [1.82, 2.24) is 15.0 Å². The third kappa shape index (κ3) is 3.47. The van der Waals surface area contributed by atoms with Crippen LogP contribution < -0.4 is 10.1 Å². The van der Waals surface area contributed by atoms with Gasteiger partial charge in [-0.25, -0.2) is 0 Å². The third-order valence-corrected chi connectivity index (χ3v) is 2.41. The summed E-state index contributed by atoms with van der Waals surface area (Å²) < 4.78 is 42.0. The number of nitrogens with zero attached hydrogens (tertiary/aromatic N) is 3. The minimum atomic E-state index is -4.38. The van der Waals surface area contributed by atoms with Crippen molar-refractivity contribution in [2.24, 2.45) is 0 Å². The fourth-order valence-electron chi connectivity index (χ4n) is 1.35. The Bertz CT molecular complexity index is 604. The van der Waals surface area contributed by atoms with E-state index in [1.807, 2.05) is 0 Å². The molecule has 0 fully saturated rings. The lowest BCUT2D eigenvalue weighted by Crippen LogP contribution is -2.05. The normalized spacial score (nSPS) is 11.2. The van der Waals surface area contributed by atoms with Crippen LogP contribution in [0.15, 0.2) is 24.3 Å². The van der Waals surface area contributed by atoms with Gasteiger partial charge in [0.2, 0.25) is 11.2 Å². The molecular weight excluding hydrogens is 297 g/mol. The maximum Gasteiger partial charge on any atom is 0.416 e. The summed E-state index contributed by atoms with van der Waals surface area (Å²) in [5.41, 5.74) is -0.364. The maximum atomic E-state index is 12.4. The van der Waals surface area contributed by atoms with E-state index in [2.05, 4.69) is 20.3 Å². The first-order chi connectivity index (χ1) is 9.38. The Balaban J connectivity index is 2.20. The summed E-state index contributed by atoms with van der Waals surface area (Å²) in [4.78, 5) is 11.3. The van der Waals surface area contributed by atoms with Crippen molar-refractivity contribution in [3.05, 3.63) is 35.1 Å². The number of hydrogen-bond donors (Lipinski definition) is 1. The molecule has 2 rings (SSSR count). The molecular formula is C11H8ClF3N4O. The number of alkyl halides is 3. The van der Waals surface area contributed by atoms with Crippen LogP contribution in [0.4, 0.5) is 24.8 Å². The number of benzene rings is 1. The van der Waals surface area contributed by atoms with Gasteiger partial charge in [0.1, 0.15) is 0 Å². The van der Waals surface area contributed by atoms with Crippen molar-refractivity contribution in [2.75, 3.05) is 12.4 Å². The first-order valence-electron chi connectivity index (χ1n) is 5.28. The highest BCUT2D eigenvalue weighted by molar-refractivity contribution is 6.28. The average molecular weight is 305 g/mol. The van der Waals surface area contributed by atoms with Crippen molar-refractivity contribution in [3.8, 4) is 6.01 Å². The molecule has 0 saturated heterocycles. The lowest BCUT2D eigenvalue weighted by molar-refractivity contribution is -0.137. The lowest BCUT2D eigenvalue weighted by Gasteiger charge is -2.09. The van der Waals surface area contributed by atoms with Crippen LogP contribution in [0.3, 0.4) is 0 Å². The van der Waals surface area contributed by atoms with E-state index in [-0.39, 0.29) is 17.2 Å². The molecule has 1 N–H and O–H groups in total. The molecule has 0 spiro atoms. The number of rotatable bonds is 3. The molecule has 9 heteroatoms. The van der Waals surface area contributed by atoms with Crippen LogP contribution in [0.5, 0.6) is 6.01 Å². The van der Waals surface area contributed by atoms with Gasteiger partial charge in [0.25, 0.3) is 0 Å². The molecule has 0 amide bonds. The van der Waals surface area contributed by atoms with Gasteiger partial charge in [-0.3, -0.25) is 0 Å². The third-order valence-electron chi connectivity index (χ3n) is 2.24. The lowest BCUT2D eigenvalue weighted by atomic mass is 10.2. The van der Waals surface area contributed by atoms with Gasteiger partial charge in [0.15, 0.2) is 0 Å². The molecule has 20 heavy (non-hydrogen) atoms. The highest BCUT2D eigenvalue weighted by Gasteiger charge is 2.29. The number of anilines is 2. The predicted molar refractivity (Wildman–Crippen MR) is 66.1 cm³/mol. The molecule has 1 heterocycles. The smallest absolute Gasteiger partial charge is 0.416 e.